The van der Waals surface area contributed by atoms with Gasteiger partial charge >= 0.3 is 0 Å². The number of sulfonamides is 1. The van der Waals surface area contributed by atoms with Crippen LogP contribution in [0.1, 0.15) is 25.7 Å². The molecule has 0 bridgehead atoms. The Bertz CT molecular complexity index is 591. The fraction of sp³-hybridized carbons (Fsp3) is 0.571. The number of hydrogen-bond donors (Lipinski definition) is 2. The molecular formula is C14H20ClNO4S. The first-order valence-corrected chi connectivity index (χ1v) is 8.79. The van der Waals surface area contributed by atoms with Crippen molar-refractivity contribution >= 4 is 21.6 Å². The SMILES string of the molecule is COc1ccc(S(=O)(=O)N[C@H]2CCC[C@@H](CO)C2)cc1Cl. The summed E-state index contributed by atoms with van der Waals surface area (Å²) < 4.78 is 32.5. The van der Waals surface area contributed by atoms with Gasteiger partial charge in [-0.2, -0.15) is 0 Å². The molecule has 0 saturated heterocycles. The van der Waals surface area contributed by atoms with Crippen LogP contribution in [0.2, 0.25) is 5.02 Å². The number of methoxy groups -OCH3 is 1. The molecule has 0 aliphatic heterocycles. The molecule has 2 N–H and O–H groups in total. The van der Waals surface area contributed by atoms with Crippen LogP contribution < -0.4 is 9.46 Å². The molecule has 1 fully saturated rings. The Morgan fingerprint density at radius 3 is 2.81 bits per heavy atom. The van der Waals surface area contributed by atoms with Crippen molar-refractivity contribution in [2.45, 2.75) is 36.6 Å². The quantitative estimate of drug-likeness (QED) is 0.866. The number of aliphatic hydroxyl groups is 1. The molecule has 2 atom stereocenters. The minimum Gasteiger partial charge on any atom is -0.495 e. The molecule has 1 aromatic carbocycles. The molecule has 0 unspecified atom stereocenters. The largest absolute Gasteiger partial charge is 0.495 e. The molecule has 1 aliphatic rings. The summed E-state index contributed by atoms with van der Waals surface area (Å²) in [5, 5.41) is 9.47. The molecule has 0 aromatic heterocycles. The molecule has 0 amide bonds. The minimum absolute atomic E-state index is 0.104. The summed E-state index contributed by atoms with van der Waals surface area (Å²) in [6, 6.07) is 4.25. The van der Waals surface area contributed by atoms with Crippen LogP contribution in [-0.2, 0) is 10.0 Å². The lowest BCUT2D eigenvalue weighted by atomic mass is 9.87. The van der Waals surface area contributed by atoms with Gasteiger partial charge in [0, 0.05) is 12.6 Å². The molecule has 21 heavy (non-hydrogen) atoms. The molecule has 1 aromatic rings. The molecule has 0 radical (unpaired) electrons. The van der Waals surface area contributed by atoms with Crippen molar-refractivity contribution in [3.05, 3.63) is 23.2 Å². The molecule has 1 aliphatic carbocycles. The van der Waals surface area contributed by atoms with Gasteiger partial charge in [-0.3, -0.25) is 0 Å². The number of halogens is 1. The average molecular weight is 334 g/mol. The van der Waals surface area contributed by atoms with E-state index in [-0.39, 0.29) is 28.5 Å². The fourth-order valence-corrected chi connectivity index (χ4v) is 4.30. The van der Waals surface area contributed by atoms with E-state index < -0.39 is 10.0 Å². The standard InChI is InChI=1S/C14H20ClNO4S/c1-20-14-6-5-12(8-13(14)15)21(18,19)16-11-4-2-3-10(7-11)9-17/h5-6,8,10-11,16-17H,2-4,7,9H2,1H3/t10-,11+/m1/s1. The summed E-state index contributed by atoms with van der Waals surface area (Å²) in [7, 11) is -2.13. The second-order valence-corrected chi connectivity index (χ2v) is 7.45. The molecule has 0 spiro atoms. The summed E-state index contributed by atoms with van der Waals surface area (Å²) >= 11 is 5.97. The van der Waals surface area contributed by atoms with Gasteiger partial charge in [0.15, 0.2) is 0 Å². The van der Waals surface area contributed by atoms with Gasteiger partial charge in [0.1, 0.15) is 5.75 Å². The predicted molar refractivity (Wildman–Crippen MR) is 81.2 cm³/mol. The van der Waals surface area contributed by atoms with Crippen molar-refractivity contribution in [3.63, 3.8) is 0 Å². The number of hydrogen-bond acceptors (Lipinski definition) is 4. The van der Waals surface area contributed by atoms with Crippen molar-refractivity contribution in [3.8, 4) is 5.75 Å². The van der Waals surface area contributed by atoms with E-state index >= 15 is 0 Å². The lowest BCUT2D eigenvalue weighted by molar-refractivity contribution is 0.177. The first kappa shape index (κ1) is 16.5. The van der Waals surface area contributed by atoms with Crippen LogP contribution in [0.15, 0.2) is 23.1 Å². The summed E-state index contributed by atoms with van der Waals surface area (Å²) in [4.78, 5) is 0.124. The van der Waals surface area contributed by atoms with Gasteiger partial charge in [0.05, 0.1) is 17.0 Å². The summed E-state index contributed by atoms with van der Waals surface area (Å²) in [5.41, 5.74) is 0. The second-order valence-electron chi connectivity index (χ2n) is 5.33. The van der Waals surface area contributed by atoms with Crippen LogP contribution in [0.25, 0.3) is 0 Å². The van der Waals surface area contributed by atoms with Gasteiger partial charge in [-0.15, -0.1) is 0 Å². The van der Waals surface area contributed by atoms with E-state index in [0.29, 0.717) is 12.2 Å². The topological polar surface area (TPSA) is 75.6 Å². The van der Waals surface area contributed by atoms with E-state index in [0.717, 1.165) is 19.3 Å². The number of benzene rings is 1. The van der Waals surface area contributed by atoms with Crippen LogP contribution in [-0.4, -0.2) is 33.3 Å². The van der Waals surface area contributed by atoms with E-state index in [9.17, 15) is 13.5 Å². The maximum absolute atomic E-state index is 12.4. The number of ether oxygens (including phenoxy) is 1. The molecule has 5 nitrogen and oxygen atoms in total. The molecule has 7 heteroatoms. The molecule has 1 saturated carbocycles. The lowest BCUT2D eigenvalue weighted by Gasteiger charge is -2.28. The molecule has 118 valence electrons. The van der Waals surface area contributed by atoms with Gasteiger partial charge in [0.25, 0.3) is 0 Å². The Morgan fingerprint density at radius 2 is 2.19 bits per heavy atom. The van der Waals surface area contributed by atoms with E-state index in [4.69, 9.17) is 16.3 Å². The third-order valence-corrected chi connectivity index (χ3v) is 5.61. The molecular weight excluding hydrogens is 314 g/mol. The van der Waals surface area contributed by atoms with Crippen LogP contribution in [0, 0.1) is 5.92 Å². The smallest absolute Gasteiger partial charge is 0.240 e. The first-order valence-electron chi connectivity index (χ1n) is 6.93. The van der Waals surface area contributed by atoms with Gasteiger partial charge in [-0.25, -0.2) is 13.1 Å². The van der Waals surface area contributed by atoms with Gasteiger partial charge in [0.2, 0.25) is 10.0 Å². The van der Waals surface area contributed by atoms with Crippen LogP contribution in [0.3, 0.4) is 0 Å². The predicted octanol–water partition coefficient (Wildman–Crippen LogP) is 2.18. The van der Waals surface area contributed by atoms with Crippen molar-refractivity contribution in [1.82, 2.24) is 4.72 Å². The van der Waals surface area contributed by atoms with Crippen molar-refractivity contribution in [2.75, 3.05) is 13.7 Å². The summed E-state index contributed by atoms with van der Waals surface area (Å²) in [5.74, 6) is 0.611. The maximum Gasteiger partial charge on any atom is 0.240 e. The highest BCUT2D eigenvalue weighted by atomic mass is 35.5. The summed E-state index contributed by atoms with van der Waals surface area (Å²) in [6.45, 7) is 0.104. The van der Waals surface area contributed by atoms with Gasteiger partial charge < -0.3 is 9.84 Å². The molecule has 0 heterocycles. The Hall–Kier alpha value is -0.820. The van der Waals surface area contributed by atoms with Crippen molar-refractivity contribution in [1.29, 1.82) is 0 Å². The lowest BCUT2D eigenvalue weighted by Crippen LogP contribution is -2.39. The maximum atomic E-state index is 12.4. The zero-order valence-electron chi connectivity index (χ0n) is 11.9. The Kier molecular flexibility index (Phi) is 5.48. The normalized spacial score (nSPS) is 23.0. The number of aliphatic hydroxyl groups excluding tert-OH is 1. The van der Waals surface area contributed by atoms with Crippen molar-refractivity contribution in [2.24, 2.45) is 5.92 Å². The third-order valence-electron chi connectivity index (χ3n) is 3.80. The number of nitrogens with one attached hydrogen (secondary N) is 1. The second kappa shape index (κ2) is 6.96. The Balaban J connectivity index is 2.13. The first-order chi connectivity index (χ1) is 9.96. The van der Waals surface area contributed by atoms with Crippen LogP contribution >= 0.6 is 11.6 Å². The van der Waals surface area contributed by atoms with Crippen LogP contribution in [0.5, 0.6) is 5.75 Å². The Morgan fingerprint density at radius 1 is 1.43 bits per heavy atom. The summed E-state index contributed by atoms with van der Waals surface area (Å²) in [6.07, 6.45) is 3.32. The van der Waals surface area contributed by atoms with Gasteiger partial charge in [-0.05, 0) is 43.4 Å². The highest BCUT2D eigenvalue weighted by Crippen LogP contribution is 2.28. The highest BCUT2D eigenvalue weighted by Gasteiger charge is 2.26. The van der Waals surface area contributed by atoms with E-state index in [2.05, 4.69) is 4.72 Å². The van der Waals surface area contributed by atoms with Gasteiger partial charge in [-0.1, -0.05) is 18.0 Å². The van der Waals surface area contributed by atoms with E-state index in [1.54, 1.807) is 0 Å². The van der Waals surface area contributed by atoms with E-state index in [1.807, 2.05) is 0 Å². The third kappa shape index (κ3) is 4.10. The monoisotopic (exact) mass is 333 g/mol. The zero-order chi connectivity index (χ0) is 15.5. The minimum atomic E-state index is -3.61. The van der Waals surface area contributed by atoms with E-state index in [1.165, 1.54) is 25.3 Å². The fourth-order valence-electron chi connectivity index (χ4n) is 2.67. The average Bonchev–Trinajstić information content (AvgIpc) is 2.47. The number of rotatable bonds is 5. The van der Waals surface area contributed by atoms with Crippen molar-refractivity contribution < 1.29 is 18.3 Å². The zero-order valence-corrected chi connectivity index (χ0v) is 13.5. The van der Waals surface area contributed by atoms with Crippen LogP contribution in [0.4, 0.5) is 0 Å². The Labute approximate surface area is 130 Å². The highest BCUT2D eigenvalue weighted by molar-refractivity contribution is 7.89. The molecule has 2 rings (SSSR count).